The summed E-state index contributed by atoms with van der Waals surface area (Å²) in [6.07, 6.45) is 1.67. The number of thiocarbonyl (C=S) groups is 1. The molecule has 0 saturated heterocycles. The summed E-state index contributed by atoms with van der Waals surface area (Å²) in [7, 11) is 3.16. The van der Waals surface area contributed by atoms with Gasteiger partial charge in [-0.05, 0) is 55.5 Å². The van der Waals surface area contributed by atoms with Crippen LogP contribution in [0.3, 0.4) is 0 Å². The van der Waals surface area contributed by atoms with Gasteiger partial charge in [0.25, 0.3) is 5.91 Å². The standard InChI is InChI=1S/C22H23N3O5S/c1-4-29-13-21(26)25-22(31)24-14-5-7-15(8-6-14)30-18-9-10-23-17-12-20(28-3)19(27-2)11-16(17)18/h5-12H,4,13H2,1-3H3,(H2,24,25,26,31). The van der Waals surface area contributed by atoms with Crippen LogP contribution in [-0.2, 0) is 9.53 Å². The van der Waals surface area contributed by atoms with Gasteiger partial charge < -0.3 is 29.6 Å². The molecule has 0 aliphatic carbocycles. The molecule has 162 valence electrons. The van der Waals surface area contributed by atoms with Crippen LogP contribution in [0.1, 0.15) is 6.92 Å². The Morgan fingerprint density at radius 2 is 1.74 bits per heavy atom. The van der Waals surface area contributed by atoms with Crippen molar-refractivity contribution in [1.29, 1.82) is 0 Å². The molecule has 0 radical (unpaired) electrons. The Morgan fingerprint density at radius 1 is 1.03 bits per heavy atom. The Bertz CT molecular complexity index is 1070. The number of benzene rings is 2. The van der Waals surface area contributed by atoms with E-state index in [2.05, 4.69) is 15.6 Å². The minimum Gasteiger partial charge on any atom is -0.493 e. The number of amides is 1. The van der Waals surface area contributed by atoms with Gasteiger partial charge in [0.05, 0.1) is 19.7 Å². The second-order valence-electron chi connectivity index (χ2n) is 6.30. The number of hydrogen-bond donors (Lipinski definition) is 2. The van der Waals surface area contributed by atoms with Crippen LogP contribution in [0.5, 0.6) is 23.0 Å². The Balaban J connectivity index is 1.70. The van der Waals surface area contributed by atoms with Crippen LogP contribution in [-0.4, -0.2) is 43.4 Å². The average molecular weight is 442 g/mol. The normalized spacial score (nSPS) is 10.4. The lowest BCUT2D eigenvalue weighted by molar-refractivity contribution is -0.124. The quantitative estimate of drug-likeness (QED) is 0.509. The predicted molar refractivity (Wildman–Crippen MR) is 122 cm³/mol. The third-order valence-corrected chi connectivity index (χ3v) is 4.44. The van der Waals surface area contributed by atoms with Crippen molar-refractivity contribution in [3.63, 3.8) is 0 Å². The maximum absolute atomic E-state index is 11.6. The number of carbonyl (C=O) groups excluding carboxylic acids is 1. The van der Waals surface area contributed by atoms with Crippen LogP contribution < -0.4 is 24.8 Å². The van der Waals surface area contributed by atoms with Gasteiger partial charge in [-0.2, -0.15) is 0 Å². The number of aromatic nitrogens is 1. The van der Waals surface area contributed by atoms with Crippen molar-refractivity contribution in [2.75, 3.05) is 32.8 Å². The minimum absolute atomic E-state index is 0.0400. The lowest BCUT2D eigenvalue weighted by atomic mass is 10.2. The second kappa shape index (κ2) is 10.6. The molecule has 31 heavy (non-hydrogen) atoms. The van der Waals surface area contributed by atoms with Crippen molar-refractivity contribution in [3.05, 3.63) is 48.7 Å². The molecule has 0 saturated carbocycles. The number of methoxy groups -OCH3 is 2. The third-order valence-electron chi connectivity index (χ3n) is 4.24. The Hall–Kier alpha value is -3.43. The molecule has 1 heterocycles. The van der Waals surface area contributed by atoms with Crippen LogP contribution >= 0.6 is 12.2 Å². The van der Waals surface area contributed by atoms with Gasteiger partial charge in [-0.15, -0.1) is 0 Å². The second-order valence-corrected chi connectivity index (χ2v) is 6.71. The average Bonchev–Trinajstić information content (AvgIpc) is 2.78. The summed E-state index contributed by atoms with van der Waals surface area (Å²) in [6, 6.07) is 12.6. The van der Waals surface area contributed by atoms with Crippen molar-refractivity contribution in [2.24, 2.45) is 0 Å². The molecule has 0 aliphatic heterocycles. The molecule has 2 aromatic carbocycles. The largest absolute Gasteiger partial charge is 0.493 e. The highest BCUT2D eigenvalue weighted by Gasteiger charge is 2.11. The molecule has 9 heteroatoms. The van der Waals surface area contributed by atoms with E-state index in [0.717, 1.165) is 10.9 Å². The van der Waals surface area contributed by atoms with Gasteiger partial charge in [0.2, 0.25) is 0 Å². The van der Waals surface area contributed by atoms with Gasteiger partial charge >= 0.3 is 0 Å². The Morgan fingerprint density at radius 3 is 2.42 bits per heavy atom. The number of anilines is 1. The summed E-state index contributed by atoms with van der Waals surface area (Å²) in [5.41, 5.74) is 1.43. The molecule has 0 aliphatic rings. The van der Waals surface area contributed by atoms with E-state index in [1.165, 1.54) is 0 Å². The monoisotopic (exact) mass is 441 g/mol. The number of fused-ring (bicyclic) bond motifs is 1. The molecule has 0 unspecified atom stereocenters. The fourth-order valence-corrected chi connectivity index (χ4v) is 3.02. The summed E-state index contributed by atoms with van der Waals surface area (Å²) in [5.74, 6) is 2.13. The molecular weight excluding hydrogens is 418 g/mol. The summed E-state index contributed by atoms with van der Waals surface area (Å²) in [6.45, 7) is 2.24. The zero-order valence-corrected chi connectivity index (χ0v) is 18.2. The lowest BCUT2D eigenvalue weighted by Gasteiger charge is -2.13. The van der Waals surface area contributed by atoms with Crippen molar-refractivity contribution < 1.29 is 23.7 Å². The van der Waals surface area contributed by atoms with E-state index in [0.29, 0.717) is 35.3 Å². The van der Waals surface area contributed by atoms with Crippen LogP contribution in [0, 0.1) is 0 Å². The molecule has 1 aromatic heterocycles. The SMILES string of the molecule is CCOCC(=O)NC(=S)Nc1ccc(Oc2ccnc3cc(OC)c(OC)cc23)cc1. The zero-order valence-electron chi connectivity index (χ0n) is 17.4. The van der Waals surface area contributed by atoms with Gasteiger partial charge in [0, 0.05) is 29.9 Å². The summed E-state index contributed by atoms with van der Waals surface area (Å²) in [5, 5.41) is 6.49. The van der Waals surface area contributed by atoms with Crippen molar-refractivity contribution in [3.8, 4) is 23.0 Å². The molecule has 3 rings (SSSR count). The van der Waals surface area contributed by atoms with Crippen LogP contribution in [0.2, 0.25) is 0 Å². The third kappa shape index (κ3) is 5.80. The van der Waals surface area contributed by atoms with Gasteiger partial charge in [-0.25, -0.2) is 0 Å². The van der Waals surface area contributed by atoms with Crippen molar-refractivity contribution in [2.45, 2.75) is 6.92 Å². The number of pyridine rings is 1. The van der Waals surface area contributed by atoms with Crippen LogP contribution in [0.4, 0.5) is 5.69 Å². The summed E-state index contributed by atoms with van der Waals surface area (Å²) >= 11 is 5.14. The fraction of sp³-hybridized carbons (Fsp3) is 0.227. The number of carbonyl (C=O) groups is 1. The maximum Gasteiger partial charge on any atom is 0.252 e. The van der Waals surface area contributed by atoms with E-state index in [1.807, 2.05) is 13.0 Å². The van der Waals surface area contributed by atoms with Gasteiger partial charge in [-0.1, -0.05) is 0 Å². The van der Waals surface area contributed by atoms with Gasteiger partial charge in [0.15, 0.2) is 16.6 Å². The highest BCUT2D eigenvalue weighted by Crippen LogP contribution is 2.36. The van der Waals surface area contributed by atoms with Crippen molar-refractivity contribution >= 4 is 39.8 Å². The lowest BCUT2D eigenvalue weighted by Crippen LogP contribution is -2.36. The highest BCUT2D eigenvalue weighted by molar-refractivity contribution is 7.80. The molecule has 8 nitrogen and oxygen atoms in total. The van der Waals surface area contributed by atoms with E-state index in [1.54, 1.807) is 56.8 Å². The smallest absolute Gasteiger partial charge is 0.252 e. The Labute approximate surface area is 185 Å². The number of ether oxygens (including phenoxy) is 4. The first-order chi connectivity index (χ1) is 15.0. The first kappa shape index (κ1) is 22.3. The number of rotatable bonds is 8. The van der Waals surface area contributed by atoms with Gasteiger partial charge in [-0.3, -0.25) is 9.78 Å². The molecule has 3 aromatic rings. The first-order valence-corrected chi connectivity index (χ1v) is 9.92. The summed E-state index contributed by atoms with van der Waals surface area (Å²) < 4.78 is 21.8. The maximum atomic E-state index is 11.6. The molecular formula is C22H23N3O5S. The van der Waals surface area contributed by atoms with Crippen LogP contribution in [0.15, 0.2) is 48.7 Å². The molecule has 2 N–H and O–H groups in total. The molecule has 1 amide bonds. The van der Waals surface area contributed by atoms with E-state index in [-0.39, 0.29) is 17.6 Å². The van der Waals surface area contributed by atoms with E-state index < -0.39 is 0 Å². The topological polar surface area (TPSA) is 90.9 Å². The van der Waals surface area contributed by atoms with E-state index >= 15 is 0 Å². The van der Waals surface area contributed by atoms with Gasteiger partial charge in [0.1, 0.15) is 18.1 Å². The minimum atomic E-state index is -0.309. The summed E-state index contributed by atoms with van der Waals surface area (Å²) in [4.78, 5) is 16.0. The zero-order chi connectivity index (χ0) is 22.2. The highest BCUT2D eigenvalue weighted by atomic mass is 32.1. The molecule has 0 spiro atoms. The molecule has 0 fully saturated rings. The number of hydrogen-bond acceptors (Lipinski definition) is 7. The first-order valence-electron chi connectivity index (χ1n) is 9.51. The van der Waals surface area contributed by atoms with E-state index in [9.17, 15) is 4.79 Å². The van der Waals surface area contributed by atoms with Crippen molar-refractivity contribution in [1.82, 2.24) is 10.3 Å². The van der Waals surface area contributed by atoms with E-state index in [4.69, 9.17) is 31.2 Å². The fourth-order valence-electron chi connectivity index (χ4n) is 2.79. The predicted octanol–water partition coefficient (Wildman–Crippen LogP) is 3.89. The Kier molecular flexibility index (Phi) is 7.58. The van der Waals surface area contributed by atoms with Crippen LogP contribution in [0.25, 0.3) is 10.9 Å². The number of nitrogens with zero attached hydrogens (tertiary/aromatic N) is 1. The molecule has 0 atom stereocenters. The number of nitrogens with one attached hydrogen (secondary N) is 2. The molecule has 0 bridgehead atoms.